The zero-order valence-electron chi connectivity index (χ0n) is 8.90. The van der Waals surface area contributed by atoms with Crippen molar-refractivity contribution in [3.8, 4) is 0 Å². The molecule has 0 saturated carbocycles. The lowest BCUT2D eigenvalue weighted by molar-refractivity contribution is -0.0749. The fourth-order valence-corrected chi connectivity index (χ4v) is 3.18. The van der Waals surface area contributed by atoms with E-state index in [1.165, 1.54) is 0 Å². The van der Waals surface area contributed by atoms with Crippen LogP contribution in [0.15, 0.2) is 15.8 Å². The molecular weight excluding hydrogens is 273 g/mol. The van der Waals surface area contributed by atoms with Crippen molar-refractivity contribution >= 4 is 11.8 Å². The van der Waals surface area contributed by atoms with Gasteiger partial charge in [-0.25, -0.2) is 13.6 Å². The molecule has 2 rings (SSSR count). The van der Waals surface area contributed by atoms with Crippen LogP contribution in [0.2, 0.25) is 0 Å². The first-order valence-electron chi connectivity index (χ1n) is 4.99. The van der Waals surface area contributed by atoms with Gasteiger partial charge in [-0.05, 0) is 0 Å². The minimum atomic E-state index is -3.35. The Morgan fingerprint density at radius 1 is 1.56 bits per heavy atom. The molecule has 1 aliphatic heterocycles. The summed E-state index contributed by atoms with van der Waals surface area (Å²) in [4.78, 5) is 23.8. The van der Waals surface area contributed by atoms with Gasteiger partial charge < -0.3 is 5.11 Å². The highest BCUT2D eigenvalue weighted by molar-refractivity contribution is 7.99. The maximum Gasteiger partial charge on any atom is 0.329 e. The third-order valence-electron chi connectivity index (χ3n) is 2.73. The van der Waals surface area contributed by atoms with Crippen LogP contribution < -0.4 is 11.2 Å². The van der Waals surface area contributed by atoms with E-state index in [0.717, 1.165) is 11.8 Å². The molecule has 1 fully saturated rings. The monoisotopic (exact) mass is 282 g/mol. The number of aromatic nitrogens is 2. The summed E-state index contributed by atoms with van der Waals surface area (Å²) >= 11 is 0.728. The van der Waals surface area contributed by atoms with Crippen LogP contribution in [-0.2, 0) is 0 Å². The number of hydrogen-bond acceptors (Lipinski definition) is 4. The van der Waals surface area contributed by atoms with Crippen molar-refractivity contribution < 1.29 is 18.3 Å². The molecule has 5 nitrogen and oxygen atoms in total. The number of nitrogens with one attached hydrogen (secondary N) is 1. The zero-order valence-corrected chi connectivity index (χ0v) is 9.72. The summed E-state index contributed by atoms with van der Waals surface area (Å²) in [5, 5.41) is 7.19. The first-order valence-corrected chi connectivity index (χ1v) is 6.04. The molecule has 2 heterocycles. The van der Waals surface area contributed by atoms with Crippen LogP contribution in [0.1, 0.15) is 5.37 Å². The fourth-order valence-electron chi connectivity index (χ4n) is 1.71. The highest BCUT2D eigenvalue weighted by Crippen LogP contribution is 2.50. The SMILES string of the molecule is O=c1[nH]c(=O)n([C@@H]2SC[C@@H](CO)C2(F)F)cc1F. The number of nitrogens with zero attached hydrogens (tertiary/aromatic N) is 1. The number of halogens is 3. The number of rotatable bonds is 2. The van der Waals surface area contributed by atoms with E-state index in [1.54, 1.807) is 4.98 Å². The number of aliphatic hydroxyl groups is 1. The van der Waals surface area contributed by atoms with Gasteiger partial charge >= 0.3 is 5.69 Å². The van der Waals surface area contributed by atoms with Gasteiger partial charge in [-0.3, -0.25) is 14.3 Å². The van der Waals surface area contributed by atoms with Crippen LogP contribution in [0.3, 0.4) is 0 Å². The number of H-pyrrole nitrogens is 1. The summed E-state index contributed by atoms with van der Waals surface area (Å²) in [5.41, 5.74) is -2.35. The molecule has 100 valence electrons. The van der Waals surface area contributed by atoms with Gasteiger partial charge in [-0.15, -0.1) is 11.8 Å². The molecule has 0 amide bonds. The third kappa shape index (κ3) is 1.97. The molecule has 0 unspecified atom stereocenters. The Balaban J connectivity index is 2.48. The van der Waals surface area contributed by atoms with E-state index in [2.05, 4.69) is 0 Å². The van der Waals surface area contributed by atoms with Crippen LogP contribution >= 0.6 is 11.8 Å². The Bertz CT molecular complexity index is 571. The van der Waals surface area contributed by atoms with E-state index in [0.29, 0.717) is 10.8 Å². The normalized spacial score (nSPS) is 26.4. The molecule has 1 aliphatic rings. The van der Waals surface area contributed by atoms with Gasteiger partial charge in [-0.1, -0.05) is 0 Å². The largest absolute Gasteiger partial charge is 0.396 e. The Morgan fingerprint density at radius 3 is 2.78 bits per heavy atom. The summed E-state index contributed by atoms with van der Waals surface area (Å²) in [5.74, 6) is -6.01. The molecule has 0 aliphatic carbocycles. The van der Waals surface area contributed by atoms with Crippen LogP contribution in [0.4, 0.5) is 13.2 Å². The molecule has 1 aromatic heterocycles. The van der Waals surface area contributed by atoms with Crippen molar-refractivity contribution in [3.05, 3.63) is 32.9 Å². The molecule has 18 heavy (non-hydrogen) atoms. The quantitative estimate of drug-likeness (QED) is 0.810. The smallest absolute Gasteiger partial charge is 0.329 e. The Kier molecular flexibility index (Phi) is 3.28. The van der Waals surface area contributed by atoms with Gasteiger partial charge in [0.25, 0.3) is 11.5 Å². The van der Waals surface area contributed by atoms with Gasteiger partial charge in [0.1, 0.15) is 5.37 Å². The minimum absolute atomic E-state index is 0.0542. The lowest BCUT2D eigenvalue weighted by Gasteiger charge is -2.23. The predicted molar refractivity (Wildman–Crippen MR) is 58.3 cm³/mol. The fraction of sp³-hybridized carbons (Fsp3) is 0.556. The Morgan fingerprint density at radius 2 is 2.22 bits per heavy atom. The number of aromatic amines is 1. The molecule has 1 saturated heterocycles. The average Bonchev–Trinajstić information content (AvgIpc) is 2.58. The average molecular weight is 282 g/mol. The van der Waals surface area contributed by atoms with Gasteiger partial charge in [0.05, 0.1) is 18.7 Å². The molecule has 0 radical (unpaired) electrons. The topological polar surface area (TPSA) is 75.1 Å². The van der Waals surface area contributed by atoms with E-state index in [-0.39, 0.29) is 5.75 Å². The van der Waals surface area contributed by atoms with E-state index in [4.69, 9.17) is 5.11 Å². The van der Waals surface area contributed by atoms with Gasteiger partial charge in [0.2, 0.25) is 5.82 Å². The van der Waals surface area contributed by atoms with Crippen molar-refractivity contribution in [2.45, 2.75) is 11.3 Å². The molecular formula is C9H9F3N2O3S. The second-order valence-corrected chi connectivity index (χ2v) is 5.00. The van der Waals surface area contributed by atoms with Crippen molar-refractivity contribution in [1.29, 1.82) is 0 Å². The second-order valence-electron chi connectivity index (χ2n) is 3.88. The van der Waals surface area contributed by atoms with Crippen molar-refractivity contribution in [2.24, 2.45) is 5.92 Å². The molecule has 9 heteroatoms. The van der Waals surface area contributed by atoms with Gasteiger partial charge in [-0.2, -0.15) is 4.39 Å². The van der Waals surface area contributed by atoms with Gasteiger partial charge in [0.15, 0.2) is 0 Å². The van der Waals surface area contributed by atoms with E-state index in [1.807, 2.05) is 0 Å². The maximum absolute atomic E-state index is 13.8. The lowest BCUT2D eigenvalue weighted by atomic mass is 10.1. The van der Waals surface area contributed by atoms with Crippen LogP contribution in [0.25, 0.3) is 0 Å². The van der Waals surface area contributed by atoms with Crippen molar-refractivity contribution in [1.82, 2.24) is 9.55 Å². The standard InChI is InChI=1S/C9H9F3N2O3S/c10-5-1-14(8(17)13-6(5)16)7-9(11,12)4(2-15)3-18-7/h1,4,7,15H,2-3H2,(H,13,16,17)/t4-,7-/m1/s1. The first-order chi connectivity index (χ1) is 8.37. The first kappa shape index (κ1) is 13.2. The number of hydrogen-bond donors (Lipinski definition) is 2. The van der Waals surface area contributed by atoms with E-state index >= 15 is 0 Å². The highest BCUT2D eigenvalue weighted by atomic mass is 32.2. The minimum Gasteiger partial charge on any atom is -0.396 e. The number of aliphatic hydroxyl groups excluding tert-OH is 1. The Labute approximate surface area is 103 Å². The zero-order chi connectivity index (χ0) is 13.5. The summed E-state index contributed by atoms with van der Waals surface area (Å²) in [6.45, 7) is -0.725. The number of thioether (sulfide) groups is 1. The summed E-state index contributed by atoms with van der Waals surface area (Å²) in [7, 11) is 0. The van der Waals surface area contributed by atoms with Crippen LogP contribution in [0, 0.1) is 11.7 Å². The predicted octanol–water partition coefficient (Wildman–Crippen LogP) is 0.165. The highest BCUT2D eigenvalue weighted by Gasteiger charge is 2.54. The molecule has 0 aromatic carbocycles. The lowest BCUT2D eigenvalue weighted by Crippen LogP contribution is -2.40. The Hall–Kier alpha value is -1.22. The van der Waals surface area contributed by atoms with Crippen molar-refractivity contribution in [2.75, 3.05) is 12.4 Å². The summed E-state index contributed by atoms with van der Waals surface area (Å²) in [6.07, 6.45) is 0.465. The second kappa shape index (κ2) is 4.47. The van der Waals surface area contributed by atoms with E-state index in [9.17, 15) is 22.8 Å². The maximum atomic E-state index is 13.8. The van der Waals surface area contributed by atoms with E-state index < -0.39 is 40.9 Å². The third-order valence-corrected chi connectivity index (χ3v) is 4.18. The molecule has 2 atom stereocenters. The summed E-state index contributed by atoms with van der Waals surface area (Å²) < 4.78 is 41.1. The van der Waals surface area contributed by atoms with Crippen LogP contribution in [0.5, 0.6) is 0 Å². The molecule has 1 aromatic rings. The molecule has 0 spiro atoms. The van der Waals surface area contributed by atoms with Gasteiger partial charge in [0, 0.05) is 5.75 Å². The number of alkyl halides is 2. The molecule has 2 N–H and O–H groups in total. The summed E-state index contributed by atoms with van der Waals surface area (Å²) in [6, 6.07) is 0. The van der Waals surface area contributed by atoms with Crippen LogP contribution in [-0.4, -0.2) is 32.9 Å². The van der Waals surface area contributed by atoms with Crippen molar-refractivity contribution in [3.63, 3.8) is 0 Å². The molecule has 0 bridgehead atoms.